The Hall–Kier alpha value is -5.55. The van der Waals surface area contributed by atoms with Crippen LogP contribution in [0.1, 0.15) is 0 Å². The molecule has 5 aromatic carbocycles. The van der Waals surface area contributed by atoms with Gasteiger partial charge >= 0.3 is 5.69 Å². The molecular formula is C37H28N4O. The van der Waals surface area contributed by atoms with Crippen LogP contribution in [-0.2, 0) is 14.1 Å². The first-order chi connectivity index (χ1) is 20.6. The first kappa shape index (κ1) is 25.4. The van der Waals surface area contributed by atoms with E-state index in [2.05, 4.69) is 91.0 Å². The maximum Gasteiger partial charge on any atom is 0.328 e. The maximum absolute atomic E-state index is 12.4. The Bertz CT molecular complexity index is 2110. The Morgan fingerprint density at radius 1 is 0.452 bits per heavy atom. The predicted octanol–water partition coefficient (Wildman–Crippen LogP) is 8.00. The fraction of sp³-hybridized carbons (Fsp3) is 0.0541. The number of hydrogen-bond donors (Lipinski definition) is 0. The fourth-order valence-corrected chi connectivity index (χ4v) is 5.55. The van der Waals surface area contributed by atoms with E-state index in [4.69, 9.17) is 9.97 Å². The number of hydrogen-bond acceptors (Lipinski definition) is 3. The smallest absolute Gasteiger partial charge is 0.295 e. The van der Waals surface area contributed by atoms with Gasteiger partial charge in [0.15, 0.2) is 5.82 Å². The molecule has 0 saturated heterocycles. The average molecular weight is 545 g/mol. The summed E-state index contributed by atoms with van der Waals surface area (Å²) in [7, 11) is 3.61. The van der Waals surface area contributed by atoms with Crippen LogP contribution in [0.15, 0.2) is 138 Å². The van der Waals surface area contributed by atoms with Crippen LogP contribution in [0.4, 0.5) is 0 Å². The molecule has 0 atom stereocenters. The molecular weight excluding hydrogens is 516 g/mol. The molecule has 7 aromatic rings. The van der Waals surface area contributed by atoms with Crippen molar-refractivity contribution in [3.8, 4) is 56.2 Å². The molecule has 5 nitrogen and oxygen atoms in total. The van der Waals surface area contributed by atoms with Crippen molar-refractivity contribution in [2.75, 3.05) is 0 Å². The number of aromatic nitrogens is 4. The van der Waals surface area contributed by atoms with Crippen LogP contribution in [0.5, 0.6) is 0 Å². The van der Waals surface area contributed by atoms with Crippen molar-refractivity contribution in [2.45, 2.75) is 0 Å². The zero-order chi connectivity index (χ0) is 28.6. The minimum absolute atomic E-state index is 0.0277. The lowest BCUT2D eigenvalue weighted by Gasteiger charge is -2.13. The van der Waals surface area contributed by atoms with Gasteiger partial charge < -0.3 is 0 Å². The van der Waals surface area contributed by atoms with Crippen molar-refractivity contribution in [3.05, 3.63) is 144 Å². The monoisotopic (exact) mass is 544 g/mol. The predicted molar refractivity (Wildman–Crippen MR) is 171 cm³/mol. The van der Waals surface area contributed by atoms with Crippen LogP contribution in [-0.4, -0.2) is 19.1 Å². The van der Waals surface area contributed by atoms with Gasteiger partial charge in [0.05, 0.1) is 22.4 Å². The number of nitrogens with zero attached hydrogens (tertiary/aromatic N) is 4. The second-order valence-electron chi connectivity index (χ2n) is 10.4. The van der Waals surface area contributed by atoms with E-state index in [0.717, 1.165) is 61.4 Å². The van der Waals surface area contributed by atoms with Crippen molar-refractivity contribution in [3.63, 3.8) is 0 Å². The van der Waals surface area contributed by atoms with Crippen molar-refractivity contribution in [1.82, 2.24) is 19.1 Å². The van der Waals surface area contributed by atoms with Crippen LogP contribution >= 0.6 is 0 Å². The van der Waals surface area contributed by atoms with Gasteiger partial charge in [-0.1, -0.05) is 115 Å². The fourth-order valence-electron chi connectivity index (χ4n) is 5.55. The number of aryl methyl sites for hydroxylation is 2. The van der Waals surface area contributed by atoms with E-state index in [1.54, 1.807) is 16.2 Å². The molecule has 0 bridgehead atoms. The van der Waals surface area contributed by atoms with Gasteiger partial charge in [-0.25, -0.2) is 14.8 Å². The summed E-state index contributed by atoms with van der Waals surface area (Å²) in [6.07, 6.45) is 0. The molecule has 0 unspecified atom stereocenters. The van der Waals surface area contributed by atoms with Gasteiger partial charge in [0.2, 0.25) is 0 Å². The molecule has 0 N–H and O–H groups in total. The van der Waals surface area contributed by atoms with Gasteiger partial charge in [0.25, 0.3) is 0 Å². The van der Waals surface area contributed by atoms with E-state index >= 15 is 0 Å². The third-order valence-electron chi connectivity index (χ3n) is 7.83. The molecule has 0 amide bonds. The van der Waals surface area contributed by atoms with E-state index in [1.807, 2.05) is 49.5 Å². The third-order valence-corrected chi connectivity index (χ3v) is 7.83. The molecule has 2 heterocycles. The largest absolute Gasteiger partial charge is 0.328 e. The summed E-state index contributed by atoms with van der Waals surface area (Å²) in [5.41, 5.74) is 11.0. The number of benzene rings is 5. The summed E-state index contributed by atoms with van der Waals surface area (Å²) in [6.45, 7) is 0. The molecule has 2 aromatic heterocycles. The summed E-state index contributed by atoms with van der Waals surface area (Å²) in [4.78, 5) is 22.5. The number of fused-ring (bicyclic) bond motifs is 1. The van der Waals surface area contributed by atoms with Gasteiger partial charge in [-0.05, 0) is 40.5 Å². The first-order valence-electron chi connectivity index (χ1n) is 13.9. The van der Waals surface area contributed by atoms with Crippen LogP contribution < -0.4 is 5.69 Å². The first-order valence-corrected chi connectivity index (χ1v) is 13.9. The van der Waals surface area contributed by atoms with E-state index in [0.29, 0.717) is 5.82 Å². The zero-order valence-electron chi connectivity index (χ0n) is 23.4. The summed E-state index contributed by atoms with van der Waals surface area (Å²) in [5.74, 6) is 0.686. The summed E-state index contributed by atoms with van der Waals surface area (Å²) < 4.78 is 3.36. The molecule has 202 valence electrons. The SMILES string of the molecule is Cn1c(=O)n(C)c2cc(-c3ccc(-c4cc(-c5ccccc5-c5ccccc5)nc(-c5ccccc5)n4)cc3)ccc21. The van der Waals surface area contributed by atoms with Gasteiger partial charge in [0, 0.05) is 30.8 Å². The molecule has 0 aliphatic rings. The lowest BCUT2D eigenvalue weighted by atomic mass is 9.96. The lowest BCUT2D eigenvalue weighted by Crippen LogP contribution is -2.19. The number of rotatable bonds is 5. The molecule has 0 spiro atoms. The van der Waals surface area contributed by atoms with Crippen LogP contribution in [0.3, 0.4) is 0 Å². The van der Waals surface area contributed by atoms with Crippen molar-refractivity contribution >= 4 is 11.0 Å². The molecule has 0 aliphatic carbocycles. The second kappa shape index (κ2) is 10.5. The Kier molecular flexibility index (Phi) is 6.32. The lowest BCUT2D eigenvalue weighted by molar-refractivity contribution is 0.795. The summed E-state index contributed by atoms with van der Waals surface area (Å²) >= 11 is 0. The van der Waals surface area contributed by atoms with E-state index < -0.39 is 0 Å². The minimum atomic E-state index is -0.0277. The topological polar surface area (TPSA) is 52.7 Å². The minimum Gasteiger partial charge on any atom is -0.295 e. The summed E-state index contributed by atoms with van der Waals surface area (Å²) in [5, 5.41) is 0. The molecule has 0 radical (unpaired) electrons. The standard InChI is InChI=1S/C37H28N4O/c1-40-34-22-21-29(23-35(34)41(2)37(40)42)25-17-19-27(20-18-25)32-24-33(39-36(38-32)28-13-7-4-8-14-28)31-16-10-9-15-30(31)26-11-5-3-6-12-26/h3-24H,1-2H3. The molecule has 7 rings (SSSR count). The highest BCUT2D eigenvalue weighted by Crippen LogP contribution is 2.34. The quantitative estimate of drug-likeness (QED) is 0.221. The van der Waals surface area contributed by atoms with Gasteiger partial charge in [-0.15, -0.1) is 0 Å². The van der Waals surface area contributed by atoms with Crippen molar-refractivity contribution in [1.29, 1.82) is 0 Å². The molecule has 0 fully saturated rings. The highest BCUT2D eigenvalue weighted by Gasteiger charge is 2.14. The molecule has 5 heteroatoms. The molecule has 0 saturated carbocycles. The van der Waals surface area contributed by atoms with E-state index in [1.165, 1.54) is 0 Å². The Morgan fingerprint density at radius 3 is 1.71 bits per heavy atom. The van der Waals surface area contributed by atoms with Crippen LogP contribution in [0.2, 0.25) is 0 Å². The molecule has 0 aliphatic heterocycles. The van der Waals surface area contributed by atoms with Gasteiger partial charge in [0.1, 0.15) is 0 Å². The zero-order valence-corrected chi connectivity index (χ0v) is 23.4. The van der Waals surface area contributed by atoms with E-state index in [9.17, 15) is 4.79 Å². The second-order valence-corrected chi connectivity index (χ2v) is 10.4. The van der Waals surface area contributed by atoms with Crippen LogP contribution in [0, 0.1) is 0 Å². The van der Waals surface area contributed by atoms with Gasteiger partial charge in [-0.3, -0.25) is 9.13 Å². The third kappa shape index (κ3) is 4.51. The summed E-state index contributed by atoms with van der Waals surface area (Å²) in [6, 6.07) is 45.6. The molecule has 42 heavy (non-hydrogen) atoms. The average Bonchev–Trinajstić information content (AvgIpc) is 3.28. The highest BCUT2D eigenvalue weighted by molar-refractivity contribution is 5.85. The van der Waals surface area contributed by atoms with Gasteiger partial charge in [-0.2, -0.15) is 0 Å². The highest BCUT2D eigenvalue weighted by atomic mass is 16.1. The maximum atomic E-state index is 12.4. The van der Waals surface area contributed by atoms with Crippen molar-refractivity contribution in [2.24, 2.45) is 14.1 Å². The Morgan fingerprint density at radius 2 is 1.00 bits per heavy atom. The van der Waals surface area contributed by atoms with E-state index in [-0.39, 0.29) is 5.69 Å². The Labute approximate surface area is 244 Å². The van der Waals surface area contributed by atoms with Crippen LogP contribution in [0.25, 0.3) is 67.2 Å². The van der Waals surface area contributed by atoms with Crippen molar-refractivity contribution < 1.29 is 0 Å². The number of imidazole rings is 1. The normalized spacial score (nSPS) is 11.2. The Balaban J connectivity index is 1.34.